The van der Waals surface area contributed by atoms with Crippen molar-refractivity contribution < 1.29 is 9.59 Å². The number of fused-ring (bicyclic) bond motifs is 1. The molecule has 1 aromatic heterocycles. The molecule has 0 aliphatic carbocycles. The largest absolute Gasteiger partial charge is 0.350 e. The highest BCUT2D eigenvalue weighted by atomic mass is 16.2. The fourth-order valence-electron chi connectivity index (χ4n) is 3.18. The Morgan fingerprint density at radius 1 is 1.38 bits per heavy atom. The number of benzene rings is 1. The number of hydrogen-bond acceptors (Lipinski definition) is 4. The molecule has 1 saturated heterocycles. The molecule has 1 aliphatic heterocycles. The zero-order valence-corrected chi connectivity index (χ0v) is 13.8. The SMILES string of the molecule is CNCC1CCN(C(=O)CCNC(=O)c2n[nH]c3ccccc23)C1. The molecule has 7 heteroatoms. The molecular weight excluding hydrogens is 306 g/mol. The van der Waals surface area contributed by atoms with Crippen LogP contribution in [0.25, 0.3) is 10.9 Å². The van der Waals surface area contributed by atoms with Crippen LogP contribution in [0.15, 0.2) is 24.3 Å². The average Bonchev–Trinajstić information content (AvgIpc) is 3.22. The van der Waals surface area contributed by atoms with Gasteiger partial charge < -0.3 is 15.5 Å². The Kier molecular flexibility index (Phi) is 5.10. The Balaban J connectivity index is 1.48. The zero-order chi connectivity index (χ0) is 16.9. The van der Waals surface area contributed by atoms with Crippen molar-refractivity contribution in [2.45, 2.75) is 12.8 Å². The van der Waals surface area contributed by atoms with Crippen LogP contribution in [-0.2, 0) is 4.79 Å². The number of nitrogens with zero attached hydrogens (tertiary/aromatic N) is 2. The van der Waals surface area contributed by atoms with Gasteiger partial charge in [0.1, 0.15) is 0 Å². The lowest BCUT2D eigenvalue weighted by Gasteiger charge is -2.16. The third-order valence-electron chi connectivity index (χ3n) is 4.44. The molecule has 1 fully saturated rings. The lowest BCUT2D eigenvalue weighted by atomic mass is 10.1. The fraction of sp³-hybridized carbons (Fsp3) is 0.471. The topological polar surface area (TPSA) is 90.1 Å². The van der Waals surface area contributed by atoms with Crippen molar-refractivity contribution >= 4 is 22.7 Å². The molecule has 0 saturated carbocycles. The summed E-state index contributed by atoms with van der Waals surface area (Å²) < 4.78 is 0. The van der Waals surface area contributed by atoms with Crippen LogP contribution >= 0.6 is 0 Å². The molecule has 2 amide bonds. The Morgan fingerprint density at radius 2 is 2.21 bits per heavy atom. The lowest BCUT2D eigenvalue weighted by molar-refractivity contribution is -0.130. The lowest BCUT2D eigenvalue weighted by Crippen LogP contribution is -2.34. The van der Waals surface area contributed by atoms with E-state index in [2.05, 4.69) is 20.8 Å². The Labute approximate surface area is 140 Å². The van der Waals surface area contributed by atoms with Gasteiger partial charge in [-0.3, -0.25) is 14.7 Å². The van der Waals surface area contributed by atoms with Crippen molar-refractivity contribution in [2.75, 3.05) is 33.2 Å². The Hall–Kier alpha value is -2.41. The van der Waals surface area contributed by atoms with Gasteiger partial charge in [0.25, 0.3) is 5.91 Å². The van der Waals surface area contributed by atoms with Gasteiger partial charge in [0, 0.05) is 31.4 Å². The van der Waals surface area contributed by atoms with E-state index in [-0.39, 0.29) is 11.8 Å². The van der Waals surface area contributed by atoms with Gasteiger partial charge in [0.15, 0.2) is 5.69 Å². The van der Waals surface area contributed by atoms with Crippen LogP contribution < -0.4 is 10.6 Å². The minimum absolute atomic E-state index is 0.0980. The van der Waals surface area contributed by atoms with Crippen LogP contribution in [0.4, 0.5) is 0 Å². The first-order valence-corrected chi connectivity index (χ1v) is 8.32. The zero-order valence-electron chi connectivity index (χ0n) is 13.8. The summed E-state index contributed by atoms with van der Waals surface area (Å²) in [5.74, 6) is 0.375. The number of carbonyl (C=O) groups excluding carboxylic acids is 2. The smallest absolute Gasteiger partial charge is 0.272 e. The Morgan fingerprint density at radius 3 is 3.04 bits per heavy atom. The van der Waals surface area contributed by atoms with Crippen LogP contribution in [0.1, 0.15) is 23.3 Å². The van der Waals surface area contributed by atoms with Gasteiger partial charge in [-0.25, -0.2) is 0 Å². The van der Waals surface area contributed by atoms with Crippen molar-refractivity contribution in [1.82, 2.24) is 25.7 Å². The first kappa shape index (κ1) is 16.4. The molecule has 0 radical (unpaired) electrons. The molecule has 1 atom stereocenters. The van der Waals surface area contributed by atoms with Crippen molar-refractivity contribution in [3.8, 4) is 0 Å². The van der Waals surface area contributed by atoms with E-state index in [1.165, 1.54) is 0 Å². The predicted octanol–water partition coefficient (Wildman–Crippen LogP) is 0.751. The number of likely N-dealkylation sites (tertiary alicyclic amines) is 1. The number of rotatable bonds is 6. The van der Waals surface area contributed by atoms with Crippen molar-refractivity contribution in [1.29, 1.82) is 0 Å². The normalized spacial score (nSPS) is 17.4. The van der Waals surface area contributed by atoms with E-state index in [0.717, 1.165) is 37.0 Å². The molecule has 2 aromatic rings. The molecule has 128 valence electrons. The van der Waals surface area contributed by atoms with Gasteiger partial charge in [-0.05, 0) is 32.0 Å². The van der Waals surface area contributed by atoms with Crippen LogP contribution in [0.2, 0.25) is 0 Å². The van der Waals surface area contributed by atoms with Crippen LogP contribution in [0.5, 0.6) is 0 Å². The molecule has 1 aliphatic rings. The predicted molar refractivity (Wildman–Crippen MR) is 91.7 cm³/mol. The second-order valence-electron chi connectivity index (χ2n) is 6.18. The number of H-pyrrole nitrogens is 1. The summed E-state index contributed by atoms with van der Waals surface area (Å²) in [6.07, 6.45) is 1.36. The molecule has 7 nitrogen and oxygen atoms in total. The third-order valence-corrected chi connectivity index (χ3v) is 4.44. The van der Waals surface area contributed by atoms with E-state index < -0.39 is 0 Å². The maximum Gasteiger partial charge on any atom is 0.272 e. The molecule has 24 heavy (non-hydrogen) atoms. The van der Waals surface area contributed by atoms with E-state index in [0.29, 0.717) is 24.6 Å². The molecular formula is C17H23N5O2. The molecule has 3 N–H and O–H groups in total. The van der Waals surface area contributed by atoms with Gasteiger partial charge in [-0.15, -0.1) is 0 Å². The highest BCUT2D eigenvalue weighted by molar-refractivity contribution is 6.04. The number of nitrogens with one attached hydrogen (secondary N) is 3. The number of hydrogen-bond donors (Lipinski definition) is 3. The number of amides is 2. The van der Waals surface area contributed by atoms with E-state index >= 15 is 0 Å². The van der Waals surface area contributed by atoms with E-state index in [9.17, 15) is 9.59 Å². The van der Waals surface area contributed by atoms with E-state index in [4.69, 9.17) is 0 Å². The molecule has 3 rings (SSSR count). The summed E-state index contributed by atoms with van der Waals surface area (Å²) in [4.78, 5) is 26.3. The minimum Gasteiger partial charge on any atom is -0.350 e. The quantitative estimate of drug-likeness (QED) is 0.729. The summed E-state index contributed by atoms with van der Waals surface area (Å²) in [6, 6.07) is 7.48. The minimum atomic E-state index is -0.255. The van der Waals surface area contributed by atoms with Crippen LogP contribution in [-0.4, -0.2) is 60.1 Å². The van der Waals surface area contributed by atoms with E-state index in [1.807, 2.05) is 36.2 Å². The molecule has 0 spiro atoms. The Bertz CT molecular complexity index is 727. The second kappa shape index (κ2) is 7.44. The van der Waals surface area contributed by atoms with Gasteiger partial charge in [0.05, 0.1) is 5.52 Å². The number of aromatic amines is 1. The van der Waals surface area contributed by atoms with Gasteiger partial charge in [-0.2, -0.15) is 5.10 Å². The van der Waals surface area contributed by atoms with Crippen LogP contribution in [0, 0.1) is 5.92 Å². The molecule has 2 heterocycles. The third kappa shape index (κ3) is 3.56. The van der Waals surface area contributed by atoms with Crippen molar-refractivity contribution in [2.24, 2.45) is 5.92 Å². The number of aromatic nitrogens is 2. The van der Waals surface area contributed by atoms with Crippen molar-refractivity contribution in [3.63, 3.8) is 0 Å². The second-order valence-corrected chi connectivity index (χ2v) is 6.18. The monoisotopic (exact) mass is 329 g/mol. The maximum atomic E-state index is 12.2. The first-order chi connectivity index (χ1) is 11.7. The molecule has 1 unspecified atom stereocenters. The summed E-state index contributed by atoms with van der Waals surface area (Å²) in [6.45, 7) is 2.87. The summed E-state index contributed by atoms with van der Waals surface area (Å²) >= 11 is 0. The van der Waals surface area contributed by atoms with Gasteiger partial charge in [-0.1, -0.05) is 18.2 Å². The van der Waals surface area contributed by atoms with Gasteiger partial charge >= 0.3 is 0 Å². The standard InChI is InChI=1S/C17H23N5O2/c1-18-10-12-7-9-22(11-12)15(23)6-8-19-17(24)16-13-4-2-3-5-14(13)20-21-16/h2-5,12,18H,6-11H2,1H3,(H,19,24)(H,20,21). The molecule has 1 aromatic carbocycles. The summed E-state index contributed by atoms with van der Waals surface area (Å²) in [5.41, 5.74) is 1.19. The number of carbonyl (C=O) groups is 2. The first-order valence-electron chi connectivity index (χ1n) is 8.32. The average molecular weight is 329 g/mol. The van der Waals surface area contributed by atoms with E-state index in [1.54, 1.807) is 0 Å². The summed E-state index contributed by atoms with van der Waals surface area (Å²) in [7, 11) is 1.93. The number of para-hydroxylation sites is 1. The van der Waals surface area contributed by atoms with Gasteiger partial charge in [0.2, 0.25) is 5.91 Å². The van der Waals surface area contributed by atoms with Crippen molar-refractivity contribution in [3.05, 3.63) is 30.0 Å². The highest BCUT2D eigenvalue weighted by Gasteiger charge is 2.25. The van der Waals surface area contributed by atoms with Crippen LogP contribution in [0.3, 0.4) is 0 Å². The molecule has 0 bridgehead atoms. The highest BCUT2D eigenvalue weighted by Crippen LogP contribution is 2.16. The fourth-order valence-corrected chi connectivity index (χ4v) is 3.18. The maximum absolute atomic E-state index is 12.2. The summed E-state index contributed by atoms with van der Waals surface area (Å²) in [5, 5.41) is 13.6.